The Morgan fingerprint density at radius 1 is 1.14 bits per heavy atom. The number of anilines is 1. The van der Waals surface area contributed by atoms with Crippen LogP contribution in [-0.2, 0) is 0 Å². The Morgan fingerprint density at radius 2 is 1.90 bits per heavy atom. The van der Waals surface area contributed by atoms with Crippen LogP contribution >= 0.6 is 0 Å². The number of fused-ring (bicyclic) bond motifs is 1. The van der Waals surface area contributed by atoms with Gasteiger partial charge in [-0.3, -0.25) is 0 Å². The van der Waals surface area contributed by atoms with Gasteiger partial charge >= 0.3 is 5.97 Å². The van der Waals surface area contributed by atoms with Gasteiger partial charge < -0.3 is 30.1 Å². The summed E-state index contributed by atoms with van der Waals surface area (Å²) in [7, 11) is 0. The first-order chi connectivity index (χ1) is 14.0. The van der Waals surface area contributed by atoms with E-state index in [4.69, 9.17) is 14.6 Å². The van der Waals surface area contributed by atoms with E-state index >= 15 is 0 Å². The normalized spacial score (nSPS) is 13.3. The van der Waals surface area contributed by atoms with E-state index in [0.717, 1.165) is 11.3 Å². The predicted octanol–water partition coefficient (Wildman–Crippen LogP) is 1.73. The summed E-state index contributed by atoms with van der Waals surface area (Å²) in [5.41, 5.74) is 2.67. The summed E-state index contributed by atoms with van der Waals surface area (Å²) < 4.78 is 12.3. The van der Waals surface area contributed by atoms with Gasteiger partial charge in [-0.05, 0) is 48.5 Å². The third-order valence-corrected chi connectivity index (χ3v) is 4.46. The second kappa shape index (κ2) is 7.82. The number of aromatic carboxylic acids is 1. The lowest BCUT2D eigenvalue weighted by molar-refractivity contribution is 0.0690. The number of carboxylic acid groups (broad SMARTS) is 1. The fraction of sp³-hybridized carbons (Fsp3) is 0.200. The maximum Gasteiger partial charge on any atom is 0.356 e. The first kappa shape index (κ1) is 18.8. The van der Waals surface area contributed by atoms with Gasteiger partial charge in [-0.15, -0.1) is 0 Å². The number of aliphatic hydroxyl groups is 2. The number of benzene rings is 2. The van der Waals surface area contributed by atoms with E-state index in [2.05, 4.69) is 10.4 Å². The van der Waals surface area contributed by atoms with Crippen molar-refractivity contribution in [1.29, 1.82) is 0 Å². The number of nitrogens with zero attached hydrogens (tertiary/aromatic N) is 2. The monoisotopic (exact) mass is 397 g/mol. The van der Waals surface area contributed by atoms with Crippen LogP contribution in [-0.4, -0.2) is 57.1 Å². The fourth-order valence-corrected chi connectivity index (χ4v) is 2.96. The van der Waals surface area contributed by atoms with E-state index in [0.29, 0.717) is 22.9 Å². The van der Waals surface area contributed by atoms with Crippen LogP contribution in [0.25, 0.3) is 16.9 Å². The highest BCUT2D eigenvalue weighted by Gasteiger charge is 2.19. The molecule has 0 fully saturated rings. The van der Waals surface area contributed by atoms with Crippen LogP contribution in [0.2, 0.25) is 0 Å². The quantitative estimate of drug-likeness (QED) is 0.475. The van der Waals surface area contributed by atoms with Crippen LogP contribution in [0.1, 0.15) is 10.5 Å². The van der Waals surface area contributed by atoms with Crippen molar-refractivity contribution in [2.75, 3.05) is 25.3 Å². The van der Waals surface area contributed by atoms with Gasteiger partial charge in [0.25, 0.3) is 0 Å². The summed E-state index contributed by atoms with van der Waals surface area (Å²) in [6.45, 7) is 0.0380. The number of carbonyl (C=O) groups is 1. The Morgan fingerprint density at radius 3 is 2.62 bits per heavy atom. The molecular formula is C20H19N3O6. The van der Waals surface area contributed by atoms with E-state index in [-0.39, 0.29) is 25.6 Å². The molecule has 1 aliphatic heterocycles. The molecular weight excluding hydrogens is 378 g/mol. The van der Waals surface area contributed by atoms with Crippen molar-refractivity contribution in [2.45, 2.75) is 6.10 Å². The van der Waals surface area contributed by atoms with E-state index in [9.17, 15) is 15.0 Å². The molecule has 1 atom stereocenters. The van der Waals surface area contributed by atoms with Crippen molar-refractivity contribution >= 4 is 11.7 Å². The number of aliphatic hydroxyl groups excluding tert-OH is 2. The molecule has 1 unspecified atom stereocenters. The van der Waals surface area contributed by atoms with Crippen LogP contribution in [0.5, 0.6) is 11.5 Å². The molecule has 0 bridgehead atoms. The number of hydrogen-bond donors (Lipinski definition) is 4. The molecule has 0 spiro atoms. The SMILES string of the molecule is O=C(O)c1cc(-c2ccc3c(c2)OCO3)n(-c2ccc(NCC(O)CO)cc2)n1. The van der Waals surface area contributed by atoms with Crippen molar-refractivity contribution in [3.8, 4) is 28.4 Å². The molecule has 29 heavy (non-hydrogen) atoms. The van der Waals surface area contributed by atoms with Crippen molar-refractivity contribution in [3.05, 3.63) is 54.2 Å². The number of carboxylic acids is 1. The molecule has 1 aliphatic rings. The smallest absolute Gasteiger partial charge is 0.356 e. The molecule has 2 aromatic carbocycles. The van der Waals surface area contributed by atoms with Crippen LogP contribution in [0.4, 0.5) is 5.69 Å². The second-order valence-electron chi connectivity index (χ2n) is 6.46. The van der Waals surface area contributed by atoms with E-state index in [1.54, 1.807) is 41.1 Å². The average molecular weight is 397 g/mol. The van der Waals surface area contributed by atoms with Crippen LogP contribution < -0.4 is 14.8 Å². The molecule has 9 heteroatoms. The van der Waals surface area contributed by atoms with Crippen LogP contribution in [0.15, 0.2) is 48.5 Å². The number of nitrogens with one attached hydrogen (secondary N) is 1. The second-order valence-corrected chi connectivity index (χ2v) is 6.46. The Labute approximate surface area is 165 Å². The number of rotatable bonds is 7. The standard InChI is InChI=1S/C20H19N3O6/c24-10-15(25)9-21-13-2-4-14(5-3-13)23-17(8-16(22-23)20(26)27)12-1-6-18-19(7-12)29-11-28-18/h1-8,15,21,24-25H,9-11H2,(H,26,27). The highest BCUT2D eigenvalue weighted by molar-refractivity contribution is 5.87. The lowest BCUT2D eigenvalue weighted by Crippen LogP contribution is -2.22. The molecule has 150 valence electrons. The number of ether oxygens (including phenoxy) is 2. The minimum Gasteiger partial charge on any atom is -0.476 e. The summed E-state index contributed by atoms with van der Waals surface area (Å²) in [5.74, 6) is 0.106. The summed E-state index contributed by atoms with van der Waals surface area (Å²) in [6.07, 6.45) is -0.850. The third kappa shape index (κ3) is 3.86. The predicted molar refractivity (Wildman–Crippen MR) is 104 cm³/mol. The van der Waals surface area contributed by atoms with Crippen molar-refractivity contribution in [3.63, 3.8) is 0 Å². The first-order valence-corrected chi connectivity index (χ1v) is 8.92. The van der Waals surface area contributed by atoms with Gasteiger partial charge in [0, 0.05) is 17.8 Å². The number of aromatic nitrogens is 2. The largest absolute Gasteiger partial charge is 0.476 e. The molecule has 0 aliphatic carbocycles. The average Bonchev–Trinajstić information content (AvgIpc) is 3.39. The van der Waals surface area contributed by atoms with Gasteiger partial charge in [0.2, 0.25) is 6.79 Å². The van der Waals surface area contributed by atoms with Crippen molar-refractivity contribution in [1.82, 2.24) is 9.78 Å². The van der Waals surface area contributed by atoms with Gasteiger partial charge in [-0.2, -0.15) is 5.10 Å². The molecule has 3 aromatic rings. The molecule has 1 aromatic heterocycles. The molecule has 0 amide bonds. The first-order valence-electron chi connectivity index (χ1n) is 8.92. The van der Waals surface area contributed by atoms with Gasteiger partial charge in [-0.25, -0.2) is 9.48 Å². The van der Waals surface area contributed by atoms with Gasteiger partial charge in [0.1, 0.15) is 0 Å². The minimum absolute atomic E-state index is 0.0778. The van der Waals surface area contributed by atoms with Gasteiger partial charge in [0.05, 0.1) is 24.1 Å². The van der Waals surface area contributed by atoms with E-state index < -0.39 is 12.1 Å². The van der Waals surface area contributed by atoms with Crippen LogP contribution in [0.3, 0.4) is 0 Å². The van der Waals surface area contributed by atoms with Crippen molar-refractivity contribution < 1.29 is 29.6 Å². The van der Waals surface area contributed by atoms with Crippen molar-refractivity contribution in [2.24, 2.45) is 0 Å². The molecule has 0 saturated heterocycles. The topological polar surface area (TPSA) is 126 Å². The Hall–Kier alpha value is -3.56. The Kier molecular flexibility index (Phi) is 5.07. The van der Waals surface area contributed by atoms with Gasteiger partial charge in [-0.1, -0.05) is 0 Å². The number of hydrogen-bond acceptors (Lipinski definition) is 7. The maximum atomic E-state index is 11.5. The zero-order valence-electron chi connectivity index (χ0n) is 15.3. The Bertz CT molecular complexity index is 1030. The highest BCUT2D eigenvalue weighted by Crippen LogP contribution is 2.36. The molecule has 4 rings (SSSR count). The van der Waals surface area contributed by atoms with Gasteiger partial charge in [0.15, 0.2) is 17.2 Å². The summed E-state index contributed by atoms with van der Waals surface area (Å²) >= 11 is 0. The highest BCUT2D eigenvalue weighted by atomic mass is 16.7. The lowest BCUT2D eigenvalue weighted by Gasteiger charge is -2.12. The molecule has 0 saturated carbocycles. The summed E-state index contributed by atoms with van der Waals surface area (Å²) in [4.78, 5) is 11.5. The zero-order valence-corrected chi connectivity index (χ0v) is 15.3. The fourth-order valence-electron chi connectivity index (χ4n) is 2.96. The third-order valence-electron chi connectivity index (χ3n) is 4.46. The van der Waals surface area contributed by atoms with E-state index in [1.165, 1.54) is 6.07 Å². The molecule has 0 radical (unpaired) electrons. The molecule has 4 N–H and O–H groups in total. The molecule has 2 heterocycles. The van der Waals surface area contributed by atoms with E-state index in [1.807, 2.05) is 6.07 Å². The maximum absolute atomic E-state index is 11.5. The zero-order chi connectivity index (χ0) is 20.4. The molecule has 9 nitrogen and oxygen atoms in total. The summed E-state index contributed by atoms with van der Waals surface area (Å²) in [5, 5.41) is 34.9. The summed E-state index contributed by atoms with van der Waals surface area (Å²) in [6, 6.07) is 14.0. The Balaban J connectivity index is 1.67. The van der Waals surface area contributed by atoms with Crippen LogP contribution in [0, 0.1) is 0 Å². The minimum atomic E-state index is -1.12. The lowest BCUT2D eigenvalue weighted by atomic mass is 10.1.